The van der Waals surface area contributed by atoms with Gasteiger partial charge in [0.2, 0.25) is 0 Å². The second kappa shape index (κ2) is 10.4. The summed E-state index contributed by atoms with van der Waals surface area (Å²) in [5.74, 6) is 0.246. The Morgan fingerprint density at radius 2 is 1.91 bits per heavy atom. The highest BCUT2D eigenvalue weighted by Crippen LogP contribution is 2.36. The van der Waals surface area contributed by atoms with Gasteiger partial charge in [-0.15, -0.1) is 0 Å². The fourth-order valence-electron chi connectivity index (χ4n) is 3.36. The van der Waals surface area contributed by atoms with E-state index in [9.17, 15) is 9.18 Å². The number of ether oxygens (including phenoxy) is 1. The van der Waals surface area contributed by atoms with Gasteiger partial charge in [-0.25, -0.2) is 9.38 Å². The Morgan fingerprint density at radius 1 is 1.12 bits per heavy atom. The molecule has 0 unspecified atom stereocenters. The first-order valence-corrected chi connectivity index (χ1v) is 12.1. The molecule has 1 aliphatic rings. The number of nitrogens with zero attached hydrogens (tertiary/aromatic N) is 2. The lowest BCUT2D eigenvalue weighted by atomic mass is 10.1. The van der Waals surface area contributed by atoms with E-state index in [0.717, 1.165) is 15.6 Å². The van der Waals surface area contributed by atoms with Gasteiger partial charge in [0.05, 0.1) is 10.6 Å². The maximum Gasteiger partial charge on any atom is 0.266 e. The SMILES string of the molecule is CCN1C(=O)/C(=C\c2cc(Br)ccc2OCc2cccc(C)c2)SC1=Nc1ccc(F)cc1. The molecule has 1 aliphatic heterocycles. The van der Waals surface area contributed by atoms with Gasteiger partial charge in [0.1, 0.15) is 18.2 Å². The number of hydrogen-bond donors (Lipinski definition) is 0. The number of aliphatic imine (C=N–C) groups is 1. The number of aryl methyl sites for hydroxylation is 1. The molecule has 168 valence electrons. The zero-order valence-electron chi connectivity index (χ0n) is 18.2. The summed E-state index contributed by atoms with van der Waals surface area (Å²) in [7, 11) is 0. The lowest BCUT2D eigenvalue weighted by Gasteiger charge is -2.12. The molecule has 0 saturated carbocycles. The molecule has 3 aromatic rings. The summed E-state index contributed by atoms with van der Waals surface area (Å²) < 4.78 is 20.2. The maximum absolute atomic E-state index is 13.2. The Bertz CT molecular complexity index is 1240. The lowest BCUT2D eigenvalue weighted by Crippen LogP contribution is -2.28. The maximum atomic E-state index is 13.2. The van der Waals surface area contributed by atoms with Crippen molar-refractivity contribution in [3.05, 3.63) is 98.6 Å². The minimum Gasteiger partial charge on any atom is -0.488 e. The molecule has 0 spiro atoms. The molecule has 0 atom stereocenters. The summed E-state index contributed by atoms with van der Waals surface area (Å²) in [6.07, 6.45) is 1.83. The number of carbonyl (C=O) groups is 1. The van der Waals surface area contributed by atoms with E-state index in [1.165, 1.54) is 29.5 Å². The normalized spacial score (nSPS) is 16.1. The van der Waals surface area contributed by atoms with Gasteiger partial charge >= 0.3 is 0 Å². The summed E-state index contributed by atoms with van der Waals surface area (Å²) in [4.78, 5) is 19.8. The Morgan fingerprint density at radius 3 is 2.64 bits per heavy atom. The smallest absolute Gasteiger partial charge is 0.266 e. The number of hydrogen-bond acceptors (Lipinski definition) is 4. The molecule has 4 nitrogen and oxygen atoms in total. The zero-order chi connectivity index (χ0) is 23.4. The predicted molar refractivity (Wildman–Crippen MR) is 136 cm³/mol. The third-order valence-corrected chi connectivity index (χ3v) is 6.49. The van der Waals surface area contributed by atoms with Crippen LogP contribution in [0.2, 0.25) is 0 Å². The Kier molecular flexibility index (Phi) is 7.30. The molecule has 0 bridgehead atoms. The topological polar surface area (TPSA) is 41.9 Å². The third-order valence-electron chi connectivity index (χ3n) is 4.99. The van der Waals surface area contributed by atoms with Gasteiger partial charge in [-0.05, 0) is 79.7 Å². The van der Waals surface area contributed by atoms with Crippen LogP contribution in [-0.4, -0.2) is 22.5 Å². The van der Waals surface area contributed by atoms with Crippen LogP contribution in [-0.2, 0) is 11.4 Å². The first-order valence-electron chi connectivity index (χ1n) is 10.5. The molecule has 1 heterocycles. The van der Waals surface area contributed by atoms with E-state index in [4.69, 9.17) is 4.74 Å². The number of halogens is 2. The van der Waals surface area contributed by atoms with Gasteiger partial charge in [-0.3, -0.25) is 9.69 Å². The van der Waals surface area contributed by atoms with Crippen molar-refractivity contribution in [1.29, 1.82) is 0 Å². The molecule has 1 saturated heterocycles. The van der Waals surface area contributed by atoms with Gasteiger partial charge < -0.3 is 4.74 Å². The van der Waals surface area contributed by atoms with Gasteiger partial charge in [0.25, 0.3) is 5.91 Å². The van der Waals surface area contributed by atoms with Crippen molar-refractivity contribution in [2.24, 2.45) is 4.99 Å². The molecule has 7 heteroatoms. The van der Waals surface area contributed by atoms with Crippen molar-refractivity contribution in [2.45, 2.75) is 20.5 Å². The summed E-state index contributed by atoms with van der Waals surface area (Å²) in [5.41, 5.74) is 3.64. The van der Waals surface area contributed by atoms with Crippen LogP contribution in [0, 0.1) is 12.7 Å². The molecular formula is C26H22BrFN2O2S. The van der Waals surface area contributed by atoms with E-state index >= 15 is 0 Å². The number of carbonyl (C=O) groups excluding carboxylic acids is 1. The van der Waals surface area contributed by atoms with Gasteiger partial charge in [0, 0.05) is 16.6 Å². The van der Waals surface area contributed by atoms with Crippen LogP contribution in [0.5, 0.6) is 5.75 Å². The van der Waals surface area contributed by atoms with E-state index in [-0.39, 0.29) is 11.7 Å². The summed E-state index contributed by atoms with van der Waals surface area (Å²) >= 11 is 4.81. The van der Waals surface area contributed by atoms with Gasteiger partial charge in [-0.1, -0.05) is 45.8 Å². The third kappa shape index (κ3) is 5.72. The van der Waals surface area contributed by atoms with Crippen LogP contribution in [0.3, 0.4) is 0 Å². The standard InChI is InChI=1S/C26H22BrFN2O2S/c1-3-30-25(31)24(33-26(30)29-22-10-8-21(28)9-11-22)15-19-14-20(27)7-12-23(19)32-16-18-6-4-5-17(2)13-18/h4-15H,3,16H2,1-2H3/b24-15+,29-26?. The van der Waals surface area contributed by atoms with Crippen LogP contribution < -0.4 is 4.74 Å². The van der Waals surface area contributed by atoms with Crippen LogP contribution in [0.1, 0.15) is 23.6 Å². The number of likely N-dealkylation sites (N-methyl/N-ethyl adjacent to an activating group) is 1. The van der Waals surface area contributed by atoms with E-state index in [2.05, 4.69) is 27.0 Å². The summed E-state index contributed by atoms with van der Waals surface area (Å²) in [6.45, 7) is 4.86. The molecule has 0 aromatic heterocycles. The Balaban J connectivity index is 1.61. The Hall–Kier alpha value is -2.90. The van der Waals surface area contributed by atoms with Crippen molar-refractivity contribution in [3.63, 3.8) is 0 Å². The van der Waals surface area contributed by atoms with E-state index in [1.807, 2.05) is 56.3 Å². The lowest BCUT2D eigenvalue weighted by molar-refractivity contribution is -0.122. The average Bonchev–Trinajstić information content (AvgIpc) is 3.08. The van der Waals surface area contributed by atoms with E-state index < -0.39 is 0 Å². The van der Waals surface area contributed by atoms with E-state index in [1.54, 1.807) is 17.0 Å². The van der Waals surface area contributed by atoms with Crippen LogP contribution >= 0.6 is 27.7 Å². The zero-order valence-corrected chi connectivity index (χ0v) is 20.6. The fourth-order valence-corrected chi connectivity index (χ4v) is 4.80. The van der Waals surface area contributed by atoms with Crippen molar-refractivity contribution in [1.82, 2.24) is 4.90 Å². The van der Waals surface area contributed by atoms with Gasteiger partial charge in [-0.2, -0.15) is 0 Å². The molecule has 0 N–H and O–H groups in total. The highest BCUT2D eigenvalue weighted by atomic mass is 79.9. The molecule has 4 rings (SSSR count). The minimum atomic E-state index is -0.324. The van der Waals surface area contributed by atoms with Crippen LogP contribution in [0.4, 0.5) is 10.1 Å². The Labute approximate surface area is 205 Å². The molecule has 33 heavy (non-hydrogen) atoms. The van der Waals surface area contributed by atoms with Gasteiger partial charge in [0.15, 0.2) is 5.17 Å². The van der Waals surface area contributed by atoms with Crippen molar-refractivity contribution in [2.75, 3.05) is 6.54 Å². The van der Waals surface area contributed by atoms with E-state index in [0.29, 0.717) is 34.7 Å². The summed E-state index contributed by atoms with van der Waals surface area (Å²) in [6, 6.07) is 19.8. The summed E-state index contributed by atoms with van der Waals surface area (Å²) in [5, 5.41) is 0.567. The van der Waals surface area contributed by atoms with Crippen molar-refractivity contribution in [3.8, 4) is 5.75 Å². The molecule has 3 aromatic carbocycles. The minimum absolute atomic E-state index is 0.118. The first-order chi connectivity index (χ1) is 15.9. The molecule has 1 amide bonds. The first kappa shape index (κ1) is 23.3. The quantitative estimate of drug-likeness (QED) is 0.323. The van der Waals surface area contributed by atoms with Crippen LogP contribution in [0.15, 0.2) is 81.1 Å². The van der Waals surface area contributed by atoms with Crippen LogP contribution in [0.25, 0.3) is 6.08 Å². The average molecular weight is 525 g/mol. The second-order valence-corrected chi connectivity index (χ2v) is 9.42. The van der Waals surface area contributed by atoms with Crippen molar-refractivity contribution >= 4 is 50.5 Å². The fraction of sp³-hybridized carbons (Fsp3) is 0.154. The highest BCUT2D eigenvalue weighted by Gasteiger charge is 2.32. The largest absolute Gasteiger partial charge is 0.488 e. The monoisotopic (exact) mass is 524 g/mol. The molecule has 0 radical (unpaired) electrons. The number of thioether (sulfide) groups is 1. The van der Waals surface area contributed by atoms with Crippen molar-refractivity contribution < 1.29 is 13.9 Å². The predicted octanol–water partition coefficient (Wildman–Crippen LogP) is 7.10. The number of rotatable bonds is 6. The number of amidine groups is 1. The molecular weight excluding hydrogens is 503 g/mol. The second-order valence-electron chi connectivity index (χ2n) is 7.49. The number of amides is 1. The number of benzene rings is 3. The highest BCUT2D eigenvalue weighted by molar-refractivity contribution is 9.10. The molecule has 1 fully saturated rings. The molecule has 0 aliphatic carbocycles.